The van der Waals surface area contributed by atoms with Gasteiger partial charge in [-0.25, -0.2) is 4.98 Å². The molecule has 2 aliphatic carbocycles. The second-order valence-electron chi connectivity index (χ2n) is 8.69. The molecule has 2 N–H and O–H groups in total. The summed E-state index contributed by atoms with van der Waals surface area (Å²) < 4.78 is 0. The Hall–Kier alpha value is -1.77. The van der Waals surface area contributed by atoms with Crippen LogP contribution in [0, 0.1) is 11.8 Å². The molecule has 2 fully saturated rings. The summed E-state index contributed by atoms with van der Waals surface area (Å²) in [6.45, 7) is 1.41. The minimum Gasteiger partial charge on any atom is -0.350 e. The molecule has 0 saturated heterocycles. The first-order valence-electron chi connectivity index (χ1n) is 10.7. The van der Waals surface area contributed by atoms with E-state index >= 15 is 0 Å². The van der Waals surface area contributed by atoms with Gasteiger partial charge in [-0.05, 0) is 44.5 Å². The summed E-state index contributed by atoms with van der Waals surface area (Å²) >= 11 is 2.92. The van der Waals surface area contributed by atoms with Gasteiger partial charge in [0.05, 0.1) is 10.3 Å². The van der Waals surface area contributed by atoms with E-state index in [-0.39, 0.29) is 11.8 Å². The third kappa shape index (κ3) is 4.45. The van der Waals surface area contributed by atoms with E-state index in [1.807, 2.05) is 36.5 Å². The number of nitrogens with zero attached hydrogens (tertiary/aromatic N) is 2. The van der Waals surface area contributed by atoms with Crippen LogP contribution < -0.4 is 10.6 Å². The van der Waals surface area contributed by atoms with Crippen LogP contribution in [0.2, 0.25) is 0 Å². The molecule has 162 valence electrons. The maximum atomic E-state index is 13.4. The number of thiazole rings is 1. The summed E-state index contributed by atoms with van der Waals surface area (Å²) in [4.78, 5) is 34.0. The Bertz CT molecular complexity index is 874. The monoisotopic (exact) mass is 446 g/mol. The van der Waals surface area contributed by atoms with Crippen molar-refractivity contribution in [3.8, 4) is 0 Å². The standard InChI is InChI=1S/C22H30N4O2S2/c1-26(2)12-10-23-19(27)17-8-9-18(30-17)22(20(28)25-21-24-11-13-29-21)14-16(22)15-6-4-3-5-7-15/h8-9,11,13,15-16H,3-7,10,12,14H2,1-2H3,(H,23,27)(H,24,25,28). The van der Waals surface area contributed by atoms with Crippen molar-refractivity contribution in [2.45, 2.75) is 43.9 Å². The van der Waals surface area contributed by atoms with Crippen molar-refractivity contribution < 1.29 is 9.59 Å². The predicted octanol–water partition coefficient (Wildman–Crippen LogP) is 3.97. The molecule has 2 amide bonds. The maximum absolute atomic E-state index is 13.4. The Balaban J connectivity index is 1.52. The van der Waals surface area contributed by atoms with Gasteiger partial charge in [-0.3, -0.25) is 9.59 Å². The summed E-state index contributed by atoms with van der Waals surface area (Å²) in [5.74, 6) is 0.939. The summed E-state index contributed by atoms with van der Waals surface area (Å²) in [6, 6.07) is 3.87. The van der Waals surface area contributed by atoms with E-state index in [2.05, 4.69) is 15.6 Å². The lowest BCUT2D eigenvalue weighted by atomic mass is 9.82. The average molecular weight is 447 g/mol. The van der Waals surface area contributed by atoms with Crippen molar-refractivity contribution >= 4 is 39.6 Å². The molecule has 30 heavy (non-hydrogen) atoms. The number of aromatic nitrogens is 1. The normalized spacial score (nSPS) is 24.0. The van der Waals surface area contributed by atoms with Crippen LogP contribution in [0.25, 0.3) is 0 Å². The highest BCUT2D eigenvalue weighted by Gasteiger charge is 2.64. The van der Waals surface area contributed by atoms with Gasteiger partial charge in [-0.15, -0.1) is 22.7 Å². The van der Waals surface area contributed by atoms with E-state index in [1.165, 1.54) is 54.8 Å². The van der Waals surface area contributed by atoms with Gasteiger partial charge in [0, 0.05) is 29.5 Å². The molecule has 2 unspecified atom stereocenters. The summed E-state index contributed by atoms with van der Waals surface area (Å²) in [5, 5.41) is 8.54. The molecular formula is C22H30N4O2S2. The summed E-state index contributed by atoms with van der Waals surface area (Å²) in [5.41, 5.74) is -0.513. The number of anilines is 1. The minimum atomic E-state index is -0.513. The van der Waals surface area contributed by atoms with Crippen LogP contribution in [-0.2, 0) is 10.2 Å². The molecule has 2 heterocycles. The van der Waals surface area contributed by atoms with E-state index in [4.69, 9.17) is 0 Å². The van der Waals surface area contributed by atoms with Gasteiger partial charge in [0.15, 0.2) is 5.13 Å². The van der Waals surface area contributed by atoms with Crippen molar-refractivity contribution in [2.24, 2.45) is 11.8 Å². The third-order valence-electron chi connectivity index (χ3n) is 6.41. The first-order valence-corrected chi connectivity index (χ1v) is 12.4. The minimum absolute atomic E-state index is 0.0365. The van der Waals surface area contributed by atoms with Crippen LogP contribution >= 0.6 is 22.7 Å². The van der Waals surface area contributed by atoms with Crippen LogP contribution in [0.1, 0.15) is 53.1 Å². The number of hydrogen-bond acceptors (Lipinski definition) is 6. The number of nitrogens with one attached hydrogen (secondary N) is 2. The lowest BCUT2D eigenvalue weighted by Crippen LogP contribution is -2.31. The Morgan fingerprint density at radius 2 is 2.03 bits per heavy atom. The van der Waals surface area contributed by atoms with Gasteiger partial charge >= 0.3 is 0 Å². The average Bonchev–Trinajstić information content (AvgIpc) is 3.07. The first-order chi connectivity index (χ1) is 14.5. The molecule has 8 heteroatoms. The number of carbonyl (C=O) groups is 2. The number of thiophene rings is 1. The molecule has 0 spiro atoms. The van der Waals surface area contributed by atoms with Gasteiger partial charge in [0.1, 0.15) is 0 Å². The molecule has 0 bridgehead atoms. The molecule has 2 aliphatic rings. The Labute approximate surface area is 186 Å². The summed E-state index contributed by atoms with van der Waals surface area (Å²) in [6.07, 6.45) is 8.82. The third-order valence-corrected chi connectivity index (χ3v) is 8.36. The van der Waals surface area contributed by atoms with E-state index < -0.39 is 5.41 Å². The van der Waals surface area contributed by atoms with E-state index in [0.29, 0.717) is 28.4 Å². The molecular weight excluding hydrogens is 416 g/mol. The SMILES string of the molecule is CN(C)CCNC(=O)c1ccc(C2(C(=O)Nc3nccs3)CC2C2CCCCC2)s1. The first kappa shape index (κ1) is 21.5. The topological polar surface area (TPSA) is 74.3 Å². The van der Waals surface area contributed by atoms with Gasteiger partial charge in [-0.2, -0.15) is 0 Å². The Morgan fingerprint density at radius 3 is 2.73 bits per heavy atom. The zero-order chi connectivity index (χ0) is 21.1. The van der Waals surface area contributed by atoms with Gasteiger partial charge in [-0.1, -0.05) is 32.1 Å². The van der Waals surface area contributed by atoms with Crippen LogP contribution in [0.15, 0.2) is 23.7 Å². The predicted molar refractivity (Wildman–Crippen MR) is 122 cm³/mol. The van der Waals surface area contributed by atoms with Crippen LogP contribution in [0.5, 0.6) is 0 Å². The van der Waals surface area contributed by atoms with Crippen LogP contribution in [0.3, 0.4) is 0 Å². The number of rotatable bonds is 8. The van der Waals surface area contributed by atoms with Crippen molar-refractivity contribution in [3.63, 3.8) is 0 Å². The Kier molecular flexibility index (Phi) is 6.55. The lowest BCUT2D eigenvalue weighted by Gasteiger charge is -2.25. The fraction of sp³-hybridized carbons (Fsp3) is 0.591. The smallest absolute Gasteiger partial charge is 0.261 e. The lowest BCUT2D eigenvalue weighted by molar-refractivity contribution is -0.119. The molecule has 2 aromatic rings. The maximum Gasteiger partial charge on any atom is 0.261 e. The van der Waals surface area contributed by atoms with Crippen LogP contribution in [0.4, 0.5) is 5.13 Å². The molecule has 0 aliphatic heterocycles. The van der Waals surface area contributed by atoms with Gasteiger partial charge in [0.25, 0.3) is 5.91 Å². The molecule has 2 saturated carbocycles. The zero-order valence-electron chi connectivity index (χ0n) is 17.6. The molecule has 6 nitrogen and oxygen atoms in total. The second kappa shape index (κ2) is 9.16. The van der Waals surface area contributed by atoms with Crippen molar-refractivity contribution in [3.05, 3.63) is 33.5 Å². The zero-order valence-corrected chi connectivity index (χ0v) is 19.3. The fourth-order valence-corrected chi connectivity index (χ4v) is 6.43. The molecule has 0 radical (unpaired) electrons. The highest BCUT2D eigenvalue weighted by atomic mass is 32.1. The fourth-order valence-electron chi connectivity index (χ4n) is 4.72. The summed E-state index contributed by atoms with van der Waals surface area (Å²) in [7, 11) is 3.97. The van der Waals surface area contributed by atoms with Crippen molar-refractivity contribution in [1.82, 2.24) is 15.2 Å². The van der Waals surface area contributed by atoms with E-state index in [1.54, 1.807) is 6.20 Å². The second-order valence-corrected chi connectivity index (χ2v) is 10.7. The van der Waals surface area contributed by atoms with Gasteiger partial charge < -0.3 is 15.5 Å². The Morgan fingerprint density at radius 1 is 1.23 bits per heavy atom. The van der Waals surface area contributed by atoms with E-state index in [0.717, 1.165) is 17.8 Å². The molecule has 4 rings (SSSR count). The van der Waals surface area contributed by atoms with Crippen LogP contribution in [-0.4, -0.2) is 48.9 Å². The quantitative estimate of drug-likeness (QED) is 0.643. The van der Waals surface area contributed by atoms with Crippen molar-refractivity contribution in [1.29, 1.82) is 0 Å². The molecule has 0 aromatic carbocycles. The highest BCUT2D eigenvalue weighted by Crippen LogP contribution is 2.62. The number of likely N-dealkylation sites (N-methyl/N-ethyl adjacent to an activating group) is 1. The van der Waals surface area contributed by atoms with Crippen molar-refractivity contribution in [2.75, 3.05) is 32.5 Å². The molecule has 2 atom stereocenters. The van der Waals surface area contributed by atoms with Gasteiger partial charge in [0.2, 0.25) is 5.91 Å². The van der Waals surface area contributed by atoms with E-state index in [9.17, 15) is 9.59 Å². The molecule has 2 aromatic heterocycles. The largest absolute Gasteiger partial charge is 0.350 e. The number of amides is 2. The number of carbonyl (C=O) groups excluding carboxylic acids is 2. The number of hydrogen-bond donors (Lipinski definition) is 2. The highest BCUT2D eigenvalue weighted by molar-refractivity contribution is 7.14.